The summed E-state index contributed by atoms with van der Waals surface area (Å²) in [4.78, 5) is 26.5. The van der Waals surface area contributed by atoms with Gasteiger partial charge in [0, 0.05) is 12.2 Å². The third kappa shape index (κ3) is 2.91. The second kappa shape index (κ2) is 6.84. The van der Waals surface area contributed by atoms with E-state index in [0.717, 1.165) is 11.3 Å². The fourth-order valence-corrected chi connectivity index (χ4v) is 3.05. The third-order valence-electron chi connectivity index (χ3n) is 4.28. The summed E-state index contributed by atoms with van der Waals surface area (Å²) in [7, 11) is 4.39. The Morgan fingerprint density at radius 3 is 2.28 bits per heavy atom. The van der Waals surface area contributed by atoms with Crippen LogP contribution < -0.4 is 14.4 Å². The first kappa shape index (κ1) is 16.8. The third-order valence-corrected chi connectivity index (χ3v) is 4.28. The van der Waals surface area contributed by atoms with Crippen LogP contribution in [0.3, 0.4) is 0 Å². The Bertz CT molecular complexity index is 808. The molecule has 0 saturated carbocycles. The standard InChI is InChI=1S/C19H19NO5/c1-23-15-5-4-6-16(24-2)17(15)18(21)20-10-9-12-11-13(19(22)25-3)7-8-14(12)20/h4-8,11H,9-10H2,1-3H3. The first-order valence-corrected chi connectivity index (χ1v) is 7.84. The summed E-state index contributed by atoms with van der Waals surface area (Å²) in [5.74, 6) is 0.339. The minimum Gasteiger partial charge on any atom is -0.496 e. The highest BCUT2D eigenvalue weighted by Crippen LogP contribution is 2.35. The summed E-state index contributed by atoms with van der Waals surface area (Å²) in [5, 5.41) is 0. The van der Waals surface area contributed by atoms with E-state index < -0.39 is 0 Å². The van der Waals surface area contributed by atoms with Crippen LogP contribution >= 0.6 is 0 Å². The molecule has 0 radical (unpaired) electrons. The molecule has 0 N–H and O–H groups in total. The Kier molecular flexibility index (Phi) is 4.61. The van der Waals surface area contributed by atoms with Gasteiger partial charge in [-0.2, -0.15) is 0 Å². The minimum atomic E-state index is -0.390. The van der Waals surface area contributed by atoms with Crippen LogP contribution in [0, 0.1) is 0 Å². The normalized spacial score (nSPS) is 12.5. The number of hydrogen-bond acceptors (Lipinski definition) is 5. The molecule has 0 aliphatic carbocycles. The molecule has 1 aliphatic rings. The lowest BCUT2D eigenvalue weighted by molar-refractivity contribution is 0.0600. The smallest absolute Gasteiger partial charge is 0.337 e. The number of hydrogen-bond donors (Lipinski definition) is 0. The highest BCUT2D eigenvalue weighted by molar-refractivity contribution is 6.11. The van der Waals surface area contributed by atoms with Crippen molar-refractivity contribution in [3.8, 4) is 11.5 Å². The van der Waals surface area contributed by atoms with E-state index in [4.69, 9.17) is 14.2 Å². The molecule has 2 aromatic rings. The Labute approximate surface area is 145 Å². The summed E-state index contributed by atoms with van der Waals surface area (Å²) < 4.78 is 15.4. The second-order valence-electron chi connectivity index (χ2n) is 5.58. The lowest BCUT2D eigenvalue weighted by atomic mass is 10.1. The van der Waals surface area contributed by atoms with Crippen LogP contribution in [0.2, 0.25) is 0 Å². The van der Waals surface area contributed by atoms with Crippen molar-refractivity contribution in [2.45, 2.75) is 6.42 Å². The minimum absolute atomic E-state index is 0.195. The molecule has 6 nitrogen and oxygen atoms in total. The number of fused-ring (bicyclic) bond motifs is 1. The fourth-order valence-electron chi connectivity index (χ4n) is 3.05. The van der Waals surface area contributed by atoms with Gasteiger partial charge in [0.2, 0.25) is 0 Å². The van der Waals surface area contributed by atoms with Gasteiger partial charge in [0.05, 0.1) is 26.9 Å². The van der Waals surface area contributed by atoms with E-state index in [1.807, 2.05) is 0 Å². The van der Waals surface area contributed by atoms with Gasteiger partial charge < -0.3 is 19.1 Å². The molecule has 0 aromatic heterocycles. The predicted molar refractivity (Wildman–Crippen MR) is 92.7 cm³/mol. The van der Waals surface area contributed by atoms with E-state index in [1.54, 1.807) is 41.3 Å². The number of methoxy groups -OCH3 is 3. The van der Waals surface area contributed by atoms with Crippen molar-refractivity contribution in [1.82, 2.24) is 0 Å². The topological polar surface area (TPSA) is 65.1 Å². The molecule has 0 atom stereocenters. The SMILES string of the molecule is COC(=O)c1ccc2c(c1)CCN2C(=O)c1c(OC)cccc1OC. The van der Waals surface area contributed by atoms with E-state index in [1.165, 1.54) is 21.3 Å². The van der Waals surface area contributed by atoms with Gasteiger partial charge in [-0.1, -0.05) is 6.07 Å². The summed E-state index contributed by atoms with van der Waals surface area (Å²) in [5.41, 5.74) is 2.58. The summed E-state index contributed by atoms with van der Waals surface area (Å²) >= 11 is 0. The first-order valence-electron chi connectivity index (χ1n) is 7.84. The number of nitrogens with zero attached hydrogens (tertiary/aromatic N) is 1. The molecule has 2 aromatic carbocycles. The number of amides is 1. The summed E-state index contributed by atoms with van der Waals surface area (Å²) in [6.07, 6.45) is 0.670. The van der Waals surface area contributed by atoms with Gasteiger partial charge in [-0.25, -0.2) is 4.79 Å². The summed E-state index contributed by atoms with van der Waals surface area (Å²) in [6, 6.07) is 10.4. The van der Waals surface area contributed by atoms with Crippen molar-refractivity contribution in [3.63, 3.8) is 0 Å². The zero-order valence-corrected chi connectivity index (χ0v) is 14.4. The van der Waals surface area contributed by atoms with Gasteiger partial charge in [-0.3, -0.25) is 4.79 Å². The molecule has 25 heavy (non-hydrogen) atoms. The molecule has 3 rings (SSSR count). The van der Waals surface area contributed by atoms with Crippen LogP contribution in [0.25, 0.3) is 0 Å². The average Bonchev–Trinajstić information content (AvgIpc) is 3.09. The number of rotatable bonds is 4. The van der Waals surface area contributed by atoms with Crippen molar-refractivity contribution < 1.29 is 23.8 Å². The zero-order chi connectivity index (χ0) is 18.0. The number of carbonyl (C=O) groups excluding carboxylic acids is 2. The van der Waals surface area contributed by atoms with Gasteiger partial charge >= 0.3 is 5.97 Å². The fraction of sp³-hybridized carbons (Fsp3) is 0.263. The van der Waals surface area contributed by atoms with Crippen LogP contribution in [0.15, 0.2) is 36.4 Å². The Hall–Kier alpha value is -3.02. The van der Waals surface area contributed by atoms with Gasteiger partial charge in [0.25, 0.3) is 5.91 Å². The zero-order valence-electron chi connectivity index (χ0n) is 14.4. The maximum atomic E-state index is 13.1. The van der Waals surface area contributed by atoms with Crippen molar-refractivity contribution in [1.29, 1.82) is 0 Å². The molecule has 130 valence electrons. The molecule has 0 saturated heterocycles. The molecule has 1 heterocycles. The monoisotopic (exact) mass is 341 g/mol. The molecule has 1 aliphatic heterocycles. The Morgan fingerprint density at radius 2 is 1.68 bits per heavy atom. The average molecular weight is 341 g/mol. The number of ether oxygens (including phenoxy) is 3. The molecule has 0 fully saturated rings. The van der Waals surface area contributed by atoms with Crippen molar-refractivity contribution in [2.24, 2.45) is 0 Å². The number of carbonyl (C=O) groups is 2. The lowest BCUT2D eigenvalue weighted by Gasteiger charge is -2.20. The summed E-state index contributed by atoms with van der Waals surface area (Å²) in [6.45, 7) is 0.528. The quantitative estimate of drug-likeness (QED) is 0.800. The lowest BCUT2D eigenvalue weighted by Crippen LogP contribution is -2.29. The molecule has 0 spiro atoms. The van der Waals surface area contributed by atoms with Crippen LogP contribution in [0.1, 0.15) is 26.3 Å². The van der Waals surface area contributed by atoms with Crippen molar-refractivity contribution in [3.05, 3.63) is 53.1 Å². The highest BCUT2D eigenvalue weighted by Gasteiger charge is 2.30. The molecule has 1 amide bonds. The van der Waals surface area contributed by atoms with Gasteiger partial charge in [0.1, 0.15) is 17.1 Å². The van der Waals surface area contributed by atoms with E-state index >= 15 is 0 Å². The van der Waals surface area contributed by atoms with Crippen molar-refractivity contribution in [2.75, 3.05) is 32.8 Å². The van der Waals surface area contributed by atoms with Gasteiger partial charge in [-0.15, -0.1) is 0 Å². The van der Waals surface area contributed by atoms with Crippen LogP contribution in [0.4, 0.5) is 5.69 Å². The largest absolute Gasteiger partial charge is 0.496 e. The number of esters is 1. The first-order chi connectivity index (χ1) is 12.1. The number of benzene rings is 2. The molecule has 6 heteroatoms. The van der Waals surface area contributed by atoms with E-state index in [2.05, 4.69) is 0 Å². The molecule has 0 unspecified atom stereocenters. The molecular weight excluding hydrogens is 322 g/mol. The van der Waals surface area contributed by atoms with Gasteiger partial charge in [-0.05, 0) is 42.3 Å². The second-order valence-corrected chi connectivity index (χ2v) is 5.58. The predicted octanol–water partition coefficient (Wildman–Crippen LogP) is 2.69. The maximum Gasteiger partial charge on any atom is 0.337 e. The maximum absolute atomic E-state index is 13.1. The van der Waals surface area contributed by atoms with Crippen LogP contribution in [-0.4, -0.2) is 39.8 Å². The Morgan fingerprint density at radius 1 is 1.00 bits per heavy atom. The Balaban J connectivity index is 1.99. The highest BCUT2D eigenvalue weighted by atomic mass is 16.5. The van der Waals surface area contributed by atoms with Crippen molar-refractivity contribution >= 4 is 17.6 Å². The van der Waals surface area contributed by atoms with E-state index in [9.17, 15) is 9.59 Å². The number of anilines is 1. The molecular formula is C19H19NO5. The van der Waals surface area contributed by atoms with E-state index in [0.29, 0.717) is 35.6 Å². The van der Waals surface area contributed by atoms with E-state index in [-0.39, 0.29) is 11.9 Å². The van der Waals surface area contributed by atoms with Crippen LogP contribution in [-0.2, 0) is 11.2 Å². The molecule has 0 bridgehead atoms. The van der Waals surface area contributed by atoms with Crippen LogP contribution in [0.5, 0.6) is 11.5 Å². The van der Waals surface area contributed by atoms with Gasteiger partial charge in [0.15, 0.2) is 0 Å².